The first-order valence-corrected chi connectivity index (χ1v) is 11.6. The van der Waals surface area contributed by atoms with E-state index in [9.17, 15) is 4.39 Å². The molecule has 1 fully saturated rings. The molecule has 0 aliphatic carbocycles. The number of rotatable bonds is 5. The molecular weight excluding hydrogens is 413 g/mol. The van der Waals surface area contributed by atoms with Gasteiger partial charge >= 0.3 is 0 Å². The minimum absolute atomic E-state index is 0.248. The number of halogens is 1. The molecule has 1 aliphatic rings. The van der Waals surface area contributed by atoms with Gasteiger partial charge in [0.05, 0.1) is 5.52 Å². The molecule has 3 heterocycles. The first-order valence-electron chi connectivity index (χ1n) is 11.6. The number of piperidine rings is 1. The first-order chi connectivity index (χ1) is 16.1. The molecule has 2 aromatic carbocycles. The zero-order valence-electron chi connectivity index (χ0n) is 19.1. The van der Waals surface area contributed by atoms with Crippen molar-refractivity contribution in [3.8, 4) is 17.0 Å². The summed E-state index contributed by atoms with van der Waals surface area (Å²) >= 11 is 0. The number of anilines is 1. The van der Waals surface area contributed by atoms with Crippen LogP contribution < -0.4 is 9.64 Å². The second kappa shape index (κ2) is 9.18. The van der Waals surface area contributed by atoms with E-state index >= 15 is 0 Å². The highest BCUT2D eigenvalue weighted by Crippen LogP contribution is 2.39. The highest BCUT2D eigenvalue weighted by Gasteiger charge is 2.22. The Balaban J connectivity index is 1.69. The third-order valence-electron chi connectivity index (χ3n) is 6.39. The molecular formula is C28H28FN3O. The van der Waals surface area contributed by atoms with Crippen molar-refractivity contribution in [2.24, 2.45) is 0 Å². The number of aromatic nitrogens is 2. The van der Waals surface area contributed by atoms with Crippen LogP contribution in [-0.2, 0) is 0 Å². The van der Waals surface area contributed by atoms with Gasteiger partial charge in [0.15, 0.2) is 0 Å². The average Bonchev–Trinajstić information content (AvgIpc) is 2.84. The Morgan fingerprint density at radius 2 is 1.76 bits per heavy atom. The SMILES string of the molecule is Cc1nc2ccc(N3CCCCC3)cc2c(-c2ccc(F)cc2)c1C(C)Oc1ccccn1. The molecule has 0 N–H and O–H groups in total. The van der Waals surface area contributed by atoms with Gasteiger partial charge in [-0.05, 0) is 80.6 Å². The van der Waals surface area contributed by atoms with Crippen molar-refractivity contribution in [1.82, 2.24) is 9.97 Å². The quantitative estimate of drug-likeness (QED) is 0.339. The molecule has 0 saturated carbocycles. The highest BCUT2D eigenvalue weighted by atomic mass is 19.1. The van der Waals surface area contributed by atoms with Gasteiger partial charge in [0.2, 0.25) is 5.88 Å². The van der Waals surface area contributed by atoms with Crippen LogP contribution in [0.25, 0.3) is 22.0 Å². The van der Waals surface area contributed by atoms with E-state index in [-0.39, 0.29) is 11.9 Å². The molecule has 168 valence electrons. The van der Waals surface area contributed by atoms with Gasteiger partial charge in [0.1, 0.15) is 11.9 Å². The van der Waals surface area contributed by atoms with Crippen LogP contribution in [0.3, 0.4) is 0 Å². The minimum Gasteiger partial charge on any atom is -0.470 e. The number of fused-ring (bicyclic) bond motifs is 1. The van der Waals surface area contributed by atoms with Crippen molar-refractivity contribution in [2.45, 2.75) is 39.2 Å². The summed E-state index contributed by atoms with van der Waals surface area (Å²) in [5.74, 6) is 0.318. The molecule has 1 saturated heterocycles. The van der Waals surface area contributed by atoms with Gasteiger partial charge in [0.25, 0.3) is 0 Å². The van der Waals surface area contributed by atoms with E-state index in [1.807, 2.05) is 44.2 Å². The summed E-state index contributed by atoms with van der Waals surface area (Å²) in [7, 11) is 0. The molecule has 0 spiro atoms. The highest BCUT2D eigenvalue weighted by molar-refractivity contribution is 5.98. The van der Waals surface area contributed by atoms with Crippen molar-refractivity contribution in [2.75, 3.05) is 18.0 Å². The van der Waals surface area contributed by atoms with Gasteiger partial charge < -0.3 is 9.64 Å². The van der Waals surface area contributed by atoms with Crippen LogP contribution in [0.4, 0.5) is 10.1 Å². The van der Waals surface area contributed by atoms with Gasteiger partial charge in [-0.1, -0.05) is 18.2 Å². The fourth-order valence-electron chi connectivity index (χ4n) is 4.82. The molecule has 4 aromatic rings. The van der Waals surface area contributed by atoms with E-state index in [0.29, 0.717) is 5.88 Å². The Morgan fingerprint density at radius 3 is 2.48 bits per heavy atom. The molecule has 1 aliphatic heterocycles. The zero-order chi connectivity index (χ0) is 22.8. The molecule has 0 radical (unpaired) electrons. The number of pyridine rings is 2. The molecule has 1 atom stereocenters. The van der Waals surface area contributed by atoms with Crippen LogP contribution >= 0.6 is 0 Å². The van der Waals surface area contributed by atoms with Crippen molar-refractivity contribution in [1.29, 1.82) is 0 Å². The standard InChI is InChI=1S/C28H28FN3O/c1-19-27(20(2)33-26-8-4-5-15-30-26)28(21-9-11-22(29)12-10-21)24-18-23(13-14-25(24)31-19)32-16-6-3-7-17-32/h4-5,8-15,18,20H,3,6-7,16-17H2,1-2H3. The summed E-state index contributed by atoms with van der Waals surface area (Å²) in [6, 6.07) is 18.9. The van der Waals surface area contributed by atoms with E-state index in [4.69, 9.17) is 9.72 Å². The van der Waals surface area contributed by atoms with Gasteiger partial charge in [-0.15, -0.1) is 0 Å². The van der Waals surface area contributed by atoms with E-state index in [0.717, 1.165) is 46.4 Å². The van der Waals surface area contributed by atoms with E-state index in [1.54, 1.807) is 6.20 Å². The van der Waals surface area contributed by atoms with Gasteiger partial charge in [-0.2, -0.15) is 0 Å². The summed E-state index contributed by atoms with van der Waals surface area (Å²) in [5, 5.41) is 1.06. The topological polar surface area (TPSA) is 38.2 Å². The summed E-state index contributed by atoms with van der Waals surface area (Å²) in [6.45, 7) is 6.18. The number of hydrogen-bond donors (Lipinski definition) is 0. The van der Waals surface area contributed by atoms with Crippen molar-refractivity contribution in [3.63, 3.8) is 0 Å². The number of nitrogens with zero attached hydrogens (tertiary/aromatic N) is 3. The maximum atomic E-state index is 13.8. The summed E-state index contributed by atoms with van der Waals surface area (Å²) in [5.41, 5.74) is 6.03. The second-order valence-corrected chi connectivity index (χ2v) is 8.67. The van der Waals surface area contributed by atoms with Crippen LogP contribution in [0.15, 0.2) is 66.9 Å². The molecule has 0 bridgehead atoms. The molecule has 1 unspecified atom stereocenters. The minimum atomic E-state index is -0.282. The largest absolute Gasteiger partial charge is 0.470 e. The van der Waals surface area contributed by atoms with Crippen LogP contribution in [-0.4, -0.2) is 23.1 Å². The lowest BCUT2D eigenvalue weighted by Gasteiger charge is -2.29. The van der Waals surface area contributed by atoms with Gasteiger partial charge in [0, 0.05) is 47.7 Å². The molecule has 2 aromatic heterocycles. The average molecular weight is 442 g/mol. The third-order valence-corrected chi connectivity index (χ3v) is 6.39. The predicted molar refractivity (Wildman–Crippen MR) is 131 cm³/mol. The Morgan fingerprint density at radius 1 is 0.970 bits per heavy atom. The van der Waals surface area contributed by atoms with Crippen molar-refractivity contribution in [3.05, 3.63) is 83.9 Å². The number of aryl methyl sites for hydroxylation is 1. The first kappa shape index (κ1) is 21.4. The predicted octanol–water partition coefficient (Wildman–Crippen LogP) is 6.87. The molecule has 0 amide bonds. The molecule has 4 nitrogen and oxygen atoms in total. The second-order valence-electron chi connectivity index (χ2n) is 8.67. The maximum absolute atomic E-state index is 13.8. The Labute approximate surface area is 194 Å². The van der Waals surface area contributed by atoms with Crippen LogP contribution in [0.5, 0.6) is 5.88 Å². The normalized spacial score (nSPS) is 14.9. The smallest absolute Gasteiger partial charge is 0.213 e. The van der Waals surface area contributed by atoms with E-state index < -0.39 is 0 Å². The lowest BCUT2D eigenvalue weighted by atomic mass is 9.91. The number of ether oxygens (including phenoxy) is 1. The third kappa shape index (κ3) is 4.40. The van der Waals surface area contributed by atoms with E-state index in [2.05, 4.69) is 28.1 Å². The van der Waals surface area contributed by atoms with E-state index in [1.165, 1.54) is 37.1 Å². The number of hydrogen-bond acceptors (Lipinski definition) is 4. The van der Waals surface area contributed by atoms with Gasteiger partial charge in [-0.3, -0.25) is 4.98 Å². The summed E-state index contributed by atoms with van der Waals surface area (Å²) in [4.78, 5) is 11.7. The Kier molecular flexibility index (Phi) is 5.95. The summed E-state index contributed by atoms with van der Waals surface area (Å²) < 4.78 is 20.0. The Hall–Kier alpha value is -3.47. The monoisotopic (exact) mass is 441 g/mol. The summed E-state index contributed by atoms with van der Waals surface area (Å²) in [6.07, 6.45) is 5.16. The molecule has 5 rings (SSSR count). The number of benzene rings is 2. The molecule has 33 heavy (non-hydrogen) atoms. The Bertz CT molecular complexity index is 1250. The maximum Gasteiger partial charge on any atom is 0.213 e. The van der Waals surface area contributed by atoms with Crippen LogP contribution in [0.1, 0.15) is 43.5 Å². The lowest BCUT2D eigenvalue weighted by Crippen LogP contribution is -2.29. The fourth-order valence-corrected chi connectivity index (χ4v) is 4.82. The lowest BCUT2D eigenvalue weighted by molar-refractivity contribution is 0.217. The fraction of sp³-hybridized carbons (Fsp3) is 0.286. The van der Waals surface area contributed by atoms with Crippen LogP contribution in [0.2, 0.25) is 0 Å². The van der Waals surface area contributed by atoms with Crippen molar-refractivity contribution < 1.29 is 9.13 Å². The zero-order valence-corrected chi connectivity index (χ0v) is 19.1. The van der Waals surface area contributed by atoms with Crippen LogP contribution in [0, 0.1) is 12.7 Å². The van der Waals surface area contributed by atoms with Crippen molar-refractivity contribution >= 4 is 16.6 Å². The molecule has 5 heteroatoms. The van der Waals surface area contributed by atoms with Gasteiger partial charge in [-0.25, -0.2) is 9.37 Å².